The Morgan fingerprint density at radius 1 is 1.46 bits per heavy atom. The second-order valence-electron chi connectivity index (χ2n) is 2.84. The molecule has 0 saturated carbocycles. The molecule has 1 rings (SSSR count). The molecule has 13 heavy (non-hydrogen) atoms. The number of ether oxygens (including phenoxy) is 1. The Labute approximate surface area is 76.4 Å². The SMILES string of the molecule is CC(C)Oc1ccc(C(=N)N)nn1. The first-order valence-electron chi connectivity index (χ1n) is 3.94. The number of hydrogen-bond donors (Lipinski definition) is 2. The minimum atomic E-state index is -0.0939. The van der Waals surface area contributed by atoms with Crippen LogP contribution in [-0.2, 0) is 0 Å². The summed E-state index contributed by atoms with van der Waals surface area (Å²) in [7, 11) is 0. The van der Waals surface area contributed by atoms with Crippen molar-refractivity contribution in [3.8, 4) is 5.88 Å². The highest BCUT2D eigenvalue weighted by Crippen LogP contribution is 2.06. The summed E-state index contributed by atoms with van der Waals surface area (Å²) in [6.45, 7) is 3.81. The fraction of sp³-hybridized carbons (Fsp3) is 0.375. The van der Waals surface area contributed by atoms with Crippen molar-refractivity contribution in [2.75, 3.05) is 0 Å². The third-order valence-electron chi connectivity index (χ3n) is 1.27. The van der Waals surface area contributed by atoms with Crippen LogP contribution in [0.4, 0.5) is 0 Å². The van der Waals surface area contributed by atoms with Crippen LogP contribution in [0.25, 0.3) is 0 Å². The first-order chi connectivity index (χ1) is 6.09. The Bertz CT molecular complexity index is 294. The van der Waals surface area contributed by atoms with E-state index in [1.807, 2.05) is 13.8 Å². The van der Waals surface area contributed by atoms with Crippen LogP contribution in [0.5, 0.6) is 5.88 Å². The maximum absolute atomic E-state index is 7.08. The molecule has 0 fully saturated rings. The Kier molecular flexibility index (Phi) is 2.79. The van der Waals surface area contributed by atoms with Gasteiger partial charge in [0.1, 0.15) is 11.5 Å². The van der Waals surface area contributed by atoms with Crippen molar-refractivity contribution in [3.05, 3.63) is 17.8 Å². The smallest absolute Gasteiger partial charge is 0.233 e. The molecular formula is C8H12N4O. The molecule has 0 aromatic carbocycles. The molecule has 0 spiro atoms. The van der Waals surface area contributed by atoms with E-state index in [0.29, 0.717) is 11.6 Å². The minimum Gasteiger partial charge on any atom is -0.474 e. The van der Waals surface area contributed by atoms with Gasteiger partial charge >= 0.3 is 0 Å². The van der Waals surface area contributed by atoms with Crippen LogP contribution < -0.4 is 10.5 Å². The molecular weight excluding hydrogens is 168 g/mol. The van der Waals surface area contributed by atoms with Gasteiger partial charge in [-0.15, -0.1) is 10.2 Å². The molecule has 0 unspecified atom stereocenters. The van der Waals surface area contributed by atoms with Gasteiger partial charge in [-0.05, 0) is 19.9 Å². The van der Waals surface area contributed by atoms with Crippen molar-refractivity contribution in [1.29, 1.82) is 5.41 Å². The number of aromatic nitrogens is 2. The third-order valence-corrected chi connectivity index (χ3v) is 1.27. The van der Waals surface area contributed by atoms with Gasteiger partial charge in [-0.1, -0.05) is 0 Å². The average molecular weight is 180 g/mol. The molecule has 1 aromatic heterocycles. The van der Waals surface area contributed by atoms with Gasteiger partial charge in [-0.3, -0.25) is 5.41 Å². The Hall–Kier alpha value is -1.65. The summed E-state index contributed by atoms with van der Waals surface area (Å²) >= 11 is 0. The molecule has 0 amide bonds. The summed E-state index contributed by atoms with van der Waals surface area (Å²) in [5.41, 5.74) is 5.56. The van der Waals surface area contributed by atoms with Gasteiger partial charge in [0, 0.05) is 6.07 Å². The number of nitrogens with two attached hydrogens (primary N) is 1. The number of rotatable bonds is 3. The zero-order valence-corrected chi connectivity index (χ0v) is 7.61. The van der Waals surface area contributed by atoms with Crippen LogP contribution in [-0.4, -0.2) is 22.1 Å². The molecule has 0 aliphatic carbocycles. The van der Waals surface area contributed by atoms with Crippen LogP contribution in [0, 0.1) is 5.41 Å². The highest BCUT2D eigenvalue weighted by atomic mass is 16.5. The lowest BCUT2D eigenvalue weighted by molar-refractivity contribution is 0.230. The van der Waals surface area contributed by atoms with Crippen LogP contribution in [0.3, 0.4) is 0 Å². The quantitative estimate of drug-likeness (QED) is 0.525. The van der Waals surface area contributed by atoms with Gasteiger partial charge < -0.3 is 10.5 Å². The molecule has 0 bridgehead atoms. The molecule has 3 N–H and O–H groups in total. The highest BCUT2D eigenvalue weighted by Gasteiger charge is 2.01. The summed E-state index contributed by atoms with van der Waals surface area (Å²) in [4.78, 5) is 0. The molecule has 0 radical (unpaired) electrons. The van der Waals surface area contributed by atoms with Crippen molar-refractivity contribution in [3.63, 3.8) is 0 Å². The monoisotopic (exact) mass is 180 g/mol. The number of nitrogens with zero attached hydrogens (tertiary/aromatic N) is 2. The molecule has 1 heterocycles. The number of nitrogens with one attached hydrogen (secondary N) is 1. The van der Waals surface area contributed by atoms with E-state index in [4.69, 9.17) is 15.9 Å². The predicted molar refractivity (Wildman–Crippen MR) is 48.8 cm³/mol. The lowest BCUT2D eigenvalue weighted by atomic mass is 10.4. The molecule has 0 aliphatic rings. The van der Waals surface area contributed by atoms with Crippen LogP contribution in [0.15, 0.2) is 12.1 Å². The third kappa shape index (κ3) is 2.70. The Balaban J connectivity index is 2.75. The van der Waals surface area contributed by atoms with Gasteiger partial charge in [-0.2, -0.15) is 0 Å². The second-order valence-corrected chi connectivity index (χ2v) is 2.84. The molecule has 5 heteroatoms. The van der Waals surface area contributed by atoms with Gasteiger partial charge in [0.05, 0.1) is 6.10 Å². The van der Waals surface area contributed by atoms with Crippen molar-refractivity contribution >= 4 is 5.84 Å². The Morgan fingerprint density at radius 3 is 2.54 bits per heavy atom. The Morgan fingerprint density at radius 2 is 2.15 bits per heavy atom. The summed E-state index contributed by atoms with van der Waals surface area (Å²) in [6.07, 6.45) is 0.0671. The van der Waals surface area contributed by atoms with E-state index < -0.39 is 0 Å². The zero-order chi connectivity index (χ0) is 9.84. The first-order valence-corrected chi connectivity index (χ1v) is 3.94. The van der Waals surface area contributed by atoms with Crippen molar-refractivity contribution in [2.24, 2.45) is 5.73 Å². The van der Waals surface area contributed by atoms with Crippen molar-refractivity contribution < 1.29 is 4.74 Å². The van der Waals surface area contributed by atoms with Crippen LogP contribution in [0.1, 0.15) is 19.5 Å². The second kappa shape index (κ2) is 3.84. The average Bonchev–Trinajstić information content (AvgIpc) is 2.04. The number of amidine groups is 1. The van der Waals surface area contributed by atoms with E-state index in [0.717, 1.165) is 0 Å². The van der Waals surface area contributed by atoms with Crippen LogP contribution >= 0.6 is 0 Å². The lowest BCUT2D eigenvalue weighted by Crippen LogP contribution is -2.14. The molecule has 0 aliphatic heterocycles. The molecule has 70 valence electrons. The van der Waals surface area contributed by atoms with Gasteiger partial charge in [-0.25, -0.2) is 0 Å². The lowest BCUT2D eigenvalue weighted by Gasteiger charge is -2.07. The maximum atomic E-state index is 7.08. The van der Waals surface area contributed by atoms with Crippen LogP contribution in [0.2, 0.25) is 0 Å². The fourth-order valence-electron chi connectivity index (χ4n) is 0.768. The fourth-order valence-corrected chi connectivity index (χ4v) is 0.768. The van der Waals surface area contributed by atoms with E-state index >= 15 is 0 Å². The van der Waals surface area contributed by atoms with E-state index in [9.17, 15) is 0 Å². The van der Waals surface area contributed by atoms with E-state index in [1.54, 1.807) is 12.1 Å². The molecule has 5 nitrogen and oxygen atoms in total. The summed E-state index contributed by atoms with van der Waals surface area (Å²) in [5, 5.41) is 14.5. The zero-order valence-electron chi connectivity index (χ0n) is 7.61. The normalized spacial score (nSPS) is 10.1. The summed E-state index contributed by atoms with van der Waals surface area (Å²) < 4.78 is 5.26. The topological polar surface area (TPSA) is 84.9 Å². The predicted octanol–water partition coefficient (Wildman–Crippen LogP) is 0.548. The van der Waals surface area contributed by atoms with E-state index in [-0.39, 0.29) is 11.9 Å². The van der Waals surface area contributed by atoms with E-state index in [1.165, 1.54) is 0 Å². The van der Waals surface area contributed by atoms with Crippen molar-refractivity contribution in [1.82, 2.24) is 10.2 Å². The maximum Gasteiger partial charge on any atom is 0.233 e. The van der Waals surface area contributed by atoms with E-state index in [2.05, 4.69) is 10.2 Å². The van der Waals surface area contributed by atoms with Gasteiger partial charge in [0.15, 0.2) is 0 Å². The standard InChI is InChI=1S/C8H12N4O/c1-5(2)13-7-4-3-6(8(9)10)11-12-7/h3-5H,1-2H3,(H3,9,10). The molecule has 1 aromatic rings. The molecule has 0 atom stereocenters. The summed E-state index contributed by atoms with van der Waals surface area (Å²) in [6, 6.07) is 3.25. The number of nitrogen functional groups attached to an aromatic ring is 1. The largest absolute Gasteiger partial charge is 0.474 e. The van der Waals surface area contributed by atoms with Gasteiger partial charge in [0.25, 0.3) is 0 Å². The highest BCUT2D eigenvalue weighted by molar-refractivity contribution is 5.92. The number of hydrogen-bond acceptors (Lipinski definition) is 4. The molecule has 0 saturated heterocycles. The van der Waals surface area contributed by atoms with Crippen molar-refractivity contribution in [2.45, 2.75) is 20.0 Å². The minimum absolute atomic E-state index is 0.0671. The van der Waals surface area contributed by atoms with Gasteiger partial charge in [0.2, 0.25) is 5.88 Å². The first kappa shape index (κ1) is 9.44. The summed E-state index contributed by atoms with van der Waals surface area (Å²) in [5.74, 6) is 0.351.